The number of carbonyl (C=O) groups is 1. The van der Waals surface area contributed by atoms with Crippen molar-refractivity contribution in [3.63, 3.8) is 0 Å². The summed E-state index contributed by atoms with van der Waals surface area (Å²) in [6, 6.07) is 0. The Morgan fingerprint density at radius 1 is 1.28 bits per heavy atom. The highest BCUT2D eigenvalue weighted by atomic mass is 19.1. The topological polar surface area (TPSA) is 90.0 Å². The van der Waals surface area contributed by atoms with Crippen molar-refractivity contribution in [2.45, 2.75) is 51.4 Å². The molecule has 0 unspecified atom stereocenters. The van der Waals surface area contributed by atoms with E-state index in [4.69, 9.17) is 0 Å². The largest absolute Gasteiger partial charge is 0.325 e. The van der Waals surface area contributed by atoms with Gasteiger partial charge in [-0.3, -0.25) is 9.89 Å². The van der Waals surface area contributed by atoms with Crippen LogP contribution >= 0.6 is 0 Å². The summed E-state index contributed by atoms with van der Waals surface area (Å²) in [5.41, 5.74) is -1.22. The van der Waals surface area contributed by atoms with Gasteiger partial charge in [0.2, 0.25) is 0 Å². The number of aromatic amines is 1. The van der Waals surface area contributed by atoms with Crippen LogP contribution in [0.3, 0.4) is 0 Å². The second-order valence-electron chi connectivity index (χ2n) is 8.38. The highest BCUT2D eigenvalue weighted by molar-refractivity contribution is 5.87. The monoisotopic (exact) mass is 405 g/mol. The first-order chi connectivity index (χ1) is 13.6. The Bertz CT molecular complexity index is 950. The smallest absolute Gasteiger partial charge is 0.261 e. The Kier molecular flexibility index (Phi) is 4.56. The van der Waals surface area contributed by atoms with Gasteiger partial charge in [-0.25, -0.2) is 18.7 Å². The lowest BCUT2D eigenvalue weighted by Gasteiger charge is -2.40. The van der Waals surface area contributed by atoms with Crippen molar-refractivity contribution in [2.24, 2.45) is 0 Å². The van der Waals surface area contributed by atoms with Crippen LogP contribution < -0.4 is 5.32 Å². The van der Waals surface area contributed by atoms with E-state index in [1.165, 1.54) is 0 Å². The van der Waals surface area contributed by atoms with E-state index < -0.39 is 22.9 Å². The van der Waals surface area contributed by atoms with E-state index in [1.54, 1.807) is 11.8 Å². The Labute approximate surface area is 167 Å². The number of halogens is 2. The van der Waals surface area contributed by atoms with Crippen molar-refractivity contribution < 1.29 is 13.6 Å². The number of aryl methyl sites for hydroxylation is 1. The van der Waals surface area contributed by atoms with Crippen molar-refractivity contribution in [1.29, 1.82) is 0 Å². The molecular weight excluding hydrogens is 380 g/mol. The molecule has 156 valence electrons. The molecule has 2 aromatic rings. The summed E-state index contributed by atoms with van der Waals surface area (Å²) in [4.78, 5) is 24.6. The van der Waals surface area contributed by atoms with E-state index >= 15 is 4.39 Å². The zero-order chi connectivity index (χ0) is 21.0. The zero-order valence-electron chi connectivity index (χ0n) is 17.0. The van der Waals surface area contributed by atoms with Gasteiger partial charge < -0.3 is 15.1 Å². The lowest BCUT2D eigenvalue weighted by Crippen LogP contribution is -2.54. The number of hydrogen-bond acceptors (Lipinski definition) is 6. The zero-order valence-corrected chi connectivity index (χ0v) is 17.0. The van der Waals surface area contributed by atoms with Crippen molar-refractivity contribution in [3.8, 4) is 0 Å². The summed E-state index contributed by atoms with van der Waals surface area (Å²) in [5.74, 6) is -0.315. The SMILES string of the molecule is Cc1ncc(F)c(Nc2n[nH]c3c2CN(C(=O)C2(F)CCN(C)CC2)C3(C)C)n1. The van der Waals surface area contributed by atoms with Crippen LogP contribution in [-0.2, 0) is 16.9 Å². The van der Waals surface area contributed by atoms with Crippen molar-refractivity contribution in [3.05, 3.63) is 29.1 Å². The van der Waals surface area contributed by atoms with Gasteiger partial charge in [0.1, 0.15) is 5.82 Å². The lowest BCUT2D eigenvalue weighted by molar-refractivity contribution is -0.153. The van der Waals surface area contributed by atoms with Crippen LogP contribution in [0, 0.1) is 12.7 Å². The molecule has 2 aliphatic rings. The van der Waals surface area contributed by atoms with Crippen molar-refractivity contribution >= 4 is 17.5 Å². The number of carbonyl (C=O) groups excluding carboxylic acids is 1. The van der Waals surface area contributed by atoms with Crippen LogP contribution in [0.2, 0.25) is 0 Å². The molecule has 2 aliphatic heterocycles. The number of likely N-dealkylation sites (tertiary alicyclic amines) is 1. The predicted octanol–water partition coefficient (Wildman–Crippen LogP) is 2.40. The number of H-pyrrole nitrogens is 1. The fraction of sp³-hybridized carbons (Fsp3) is 0.579. The van der Waals surface area contributed by atoms with Gasteiger partial charge in [0.25, 0.3) is 5.91 Å². The lowest BCUT2D eigenvalue weighted by atomic mass is 9.90. The summed E-state index contributed by atoms with van der Waals surface area (Å²) in [6.45, 7) is 6.64. The van der Waals surface area contributed by atoms with Crippen molar-refractivity contribution in [2.75, 3.05) is 25.5 Å². The maximum Gasteiger partial charge on any atom is 0.261 e. The molecule has 0 saturated carbocycles. The Balaban J connectivity index is 1.61. The first-order valence-electron chi connectivity index (χ1n) is 9.65. The molecule has 4 rings (SSSR count). The van der Waals surface area contributed by atoms with E-state index in [2.05, 4.69) is 25.5 Å². The molecule has 0 bridgehead atoms. The third kappa shape index (κ3) is 3.25. The van der Waals surface area contributed by atoms with Crippen LogP contribution in [0.15, 0.2) is 6.20 Å². The number of nitrogens with one attached hydrogen (secondary N) is 2. The molecule has 0 radical (unpaired) electrons. The standard InChI is InChI=1S/C19H25F2N7O/c1-11-22-9-13(20)16(23-11)24-15-12-10-28(18(2,3)14(12)25-26-15)17(29)19(21)5-7-27(4)8-6-19/h9H,5-8,10H2,1-4H3,(H2,22,23,24,25,26). The molecule has 1 saturated heterocycles. The Morgan fingerprint density at radius 3 is 2.66 bits per heavy atom. The summed E-state index contributed by atoms with van der Waals surface area (Å²) in [5, 5.41) is 10.0. The number of amides is 1. The van der Waals surface area contributed by atoms with Gasteiger partial charge in [-0.05, 0) is 27.8 Å². The highest BCUT2D eigenvalue weighted by Crippen LogP contribution is 2.43. The van der Waals surface area contributed by atoms with Gasteiger partial charge in [-0.15, -0.1) is 0 Å². The number of nitrogens with zero attached hydrogens (tertiary/aromatic N) is 5. The number of fused-ring (bicyclic) bond motifs is 1. The third-order valence-electron chi connectivity index (χ3n) is 5.98. The van der Waals surface area contributed by atoms with Crippen molar-refractivity contribution in [1.82, 2.24) is 30.0 Å². The molecule has 0 atom stereocenters. The van der Waals surface area contributed by atoms with Crippen LogP contribution in [0.25, 0.3) is 0 Å². The molecule has 1 amide bonds. The molecule has 0 spiro atoms. The molecule has 29 heavy (non-hydrogen) atoms. The Morgan fingerprint density at radius 2 is 1.97 bits per heavy atom. The van der Waals surface area contributed by atoms with Gasteiger partial charge in [0.15, 0.2) is 23.1 Å². The fourth-order valence-corrected chi connectivity index (χ4v) is 4.03. The number of aromatic nitrogens is 4. The van der Waals surface area contributed by atoms with Gasteiger partial charge in [-0.1, -0.05) is 0 Å². The number of hydrogen-bond donors (Lipinski definition) is 2. The van der Waals surface area contributed by atoms with E-state index in [-0.39, 0.29) is 25.2 Å². The van der Waals surface area contributed by atoms with Gasteiger partial charge in [0.05, 0.1) is 24.0 Å². The normalized spacial score (nSPS) is 20.6. The maximum atomic E-state index is 15.5. The maximum absolute atomic E-state index is 15.5. The van der Waals surface area contributed by atoms with Crippen LogP contribution in [0.5, 0.6) is 0 Å². The van der Waals surface area contributed by atoms with E-state index in [9.17, 15) is 9.18 Å². The highest BCUT2D eigenvalue weighted by Gasteiger charge is 2.51. The molecule has 2 N–H and O–H groups in total. The second-order valence-corrected chi connectivity index (χ2v) is 8.38. The minimum atomic E-state index is -1.87. The van der Waals surface area contributed by atoms with Crippen LogP contribution in [0.1, 0.15) is 43.8 Å². The minimum absolute atomic E-state index is 0.00617. The summed E-state index contributed by atoms with van der Waals surface area (Å²) < 4.78 is 29.5. The van der Waals surface area contributed by atoms with Gasteiger partial charge in [0, 0.05) is 31.5 Å². The van der Waals surface area contributed by atoms with E-state index in [0.717, 1.165) is 6.20 Å². The molecule has 0 aromatic carbocycles. The quantitative estimate of drug-likeness (QED) is 0.815. The second kappa shape index (κ2) is 6.72. The number of piperidine rings is 1. The van der Waals surface area contributed by atoms with Crippen LogP contribution in [-0.4, -0.2) is 61.7 Å². The summed E-state index contributed by atoms with van der Waals surface area (Å²) in [7, 11) is 1.92. The fourth-order valence-electron chi connectivity index (χ4n) is 4.03. The average molecular weight is 405 g/mol. The average Bonchev–Trinajstić information content (AvgIpc) is 3.19. The minimum Gasteiger partial charge on any atom is -0.325 e. The van der Waals surface area contributed by atoms with Gasteiger partial charge in [-0.2, -0.15) is 5.10 Å². The molecule has 10 heteroatoms. The van der Waals surface area contributed by atoms with E-state index in [1.807, 2.05) is 25.8 Å². The molecule has 8 nitrogen and oxygen atoms in total. The molecule has 2 aromatic heterocycles. The molecule has 4 heterocycles. The van der Waals surface area contributed by atoms with Crippen LogP contribution in [0.4, 0.5) is 20.4 Å². The number of anilines is 2. The first-order valence-corrected chi connectivity index (χ1v) is 9.65. The molecular formula is C19H25F2N7O. The first kappa shape index (κ1) is 19.7. The third-order valence-corrected chi connectivity index (χ3v) is 5.98. The molecule has 0 aliphatic carbocycles. The predicted molar refractivity (Wildman–Crippen MR) is 103 cm³/mol. The Hall–Kier alpha value is -2.62. The van der Waals surface area contributed by atoms with E-state index in [0.29, 0.717) is 36.0 Å². The number of rotatable bonds is 3. The summed E-state index contributed by atoms with van der Waals surface area (Å²) >= 11 is 0. The summed E-state index contributed by atoms with van der Waals surface area (Å²) in [6.07, 6.45) is 1.44. The number of alkyl halides is 1. The molecule has 1 fully saturated rings. The van der Waals surface area contributed by atoms with Gasteiger partial charge >= 0.3 is 0 Å².